The predicted octanol–water partition coefficient (Wildman–Crippen LogP) is 5.05. The maximum atomic E-state index is 13.6. The fourth-order valence-corrected chi connectivity index (χ4v) is 8.78. The van der Waals surface area contributed by atoms with Crippen molar-refractivity contribution in [3.63, 3.8) is 0 Å². The number of hydrogen-bond donors (Lipinski definition) is 4. The van der Waals surface area contributed by atoms with Crippen LogP contribution in [0.4, 0.5) is 9.59 Å². The number of methoxy groups -OCH3 is 4. The van der Waals surface area contributed by atoms with Crippen LogP contribution in [0.1, 0.15) is 113 Å². The number of nitrogens with zero attached hydrogens (tertiary/aromatic N) is 4. The van der Waals surface area contributed by atoms with Crippen LogP contribution in [0.3, 0.4) is 0 Å². The predicted molar refractivity (Wildman–Crippen MR) is 207 cm³/mol. The molecule has 0 spiro atoms. The summed E-state index contributed by atoms with van der Waals surface area (Å²) >= 11 is 0. The van der Waals surface area contributed by atoms with Crippen molar-refractivity contribution in [1.29, 1.82) is 0 Å². The van der Waals surface area contributed by atoms with Gasteiger partial charge in [-0.3, -0.25) is 9.59 Å². The molecule has 4 aliphatic rings. The molecule has 2 aromatic heterocycles. The molecule has 0 bridgehead atoms. The van der Waals surface area contributed by atoms with Gasteiger partial charge >= 0.3 is 12.2 Å². The van der Waals surface area contributed by atoms with Crippen molar-refractivity contribution in [2.45, 2.75) is 114 Å². The molecular formula is C40H58N8O8. The van der Waals surface area contributed by atoms with Crippen LogP contribution in [0, 0.1) is 11.8 Å². The second-order valence-electron chi connectivity index (χ2n) is 15.4. The van der Waals surface area contributed by atoms with Gasteiger partial charge in [-0.1, -0.05) is 12.2 Å². The van der Waals surface area contributed by atoms with E-state index in [1.54, 1.807) is 23.6 Å². The van der Waals surface area contributed by atoms with Crippen molar-refractivity contribution in [2.24, 2.45) is 11.8 Å². The summed E-state index contributed by atoms with van der Waals surface area (Å²) < 4.78 is 20.3. The number of carbonyl (C=O) groups excluding carboxylic acids is 4. The minimum absolute atomic E-state index is 0.208. The van der Waals surface area contributed by atoms with E-state index in [1.807, 2.05) is 12.4 Å². The highest BCUT2D eigenvalue weighted by Gasteiger charge is 2.40. The molecule has 16 heteroatoms. The Labute approximate surface area is 328 Å². The van der Waals surface area contributed by atoms with Gasteiger partial charge in [0.25, 0.3) is 0 Å². The van der Waals surface area contributed by atoms with Gasteiger partial charge < -0.3 is 49.3 Å². The van der Waals surface area contributed by atoms with E-state index in [4.69, 9.17) is 28.9 Å². The van der Waals surface area contributed by atoms with Crippen LogP contribution in [-0.4, -0.2) is 120 Å². The highest BCUT2D eigenvalue weighted by molar-refractivity contribution is 5.87. The molecular weight excluding hydrogens is 720 g/mol. The number of nitrogens with one attached hydrogen (secondary N) is 4. The first-order chi connectivity index (χ1) is 27.1. The SMILES string of the molecule is COC(=O)N[C@H](C(=O)N1CCC[C@H]1c1ncc(C2=CCC(C3CC=C(c4cnc([C@@H]5CCCN5C(=O)[C@H](NC(=O)OC)[C@H](C)OC)[nH]4)CC3)CC2)[nH]1)[C@@H](C)OC. The van der Waals surface area contributed by atoms with Crippen molar-refractivity contribution in [3.8, 4) is 0 Å². The number of hydrogen-bond acceptors (Lipinski definition) is 10. The maximum absolute atomic E-state index is 13.6. The first kappa shape index (κ1) is 40.9. The first-order valence-electron chi connectivity index (χ1n) is 19.9. The van der Waals surface area contributed by atoms with Gasteiger partial charge in [-0.15, -0.1) is 0 Å². The standard InChI is InChI=1S/C40H58N8O8/c1-23(53-3)33(45-39(51)55-5)37(49)47-19-7-9-31(47)35-41-21-29(43-35)27-15-11-25(12-16-27)26-13-17-28(18-14-26)30-22-42-36(44-30)32-10-8-20-48(32)38(50)34(24(2)54-4)46-40(52)56-6/h15,17,21-26,31-34H,7-14,16,18-20H2,1-6H3,(H,41,43)(H,42,44)(H,45,51)(H,46,52)/t23-,24+,25?,26?,31-,32-,33+,34-/m0/s1. The number of amides is 4. The zero-order valence-electron chi connectivity index (χ0n) is 33.5. The van der Waals surface area contributed by atoms with Crippen molar-refractivity contribution < 1.29 is 38.1 Å². The van der Waals surface area contributed by atoms with E-state index in [2.05, 4.69) is 32.8 Å². The molecule has 2 unspecified atom stereocenters. The van der Waals surface area contributed by atoms with Crippen molar-refractivity contribution in [2.75, 3.05) is 41.5 Å². The van der Waals surface area contributed by atoms with Crippen molar-refractivity contribution in [1.82, 2.24) is 40.4 Å². The average molecular weight is 779 g/mol. The molecule has 2 aliphatic heterocycles. The van der Waals surface area contributed by atoms with Gasteiger partial charge in [0.2, 0.25) is 11.8 Å². The highest BCUT2D eigenvalue weighted by Crippen LogP contribution is 2.42. The van der Waals surface area contributed by atoms with Gasteiger partial charge in [0.1, 0.15) is 23.7 Å². The van der Waals surface area contributed by atoms with Crippen LogP contribution < -0.4 is 10.6 Å². The Balaban J connectivity index is 1.04. The molecule has 6 rings (SSSR count). The molecule has 0 saturated carbocycles. The van der Waals surface area contributed by atoms with E-state index in [0.717, 1.165) is 87.2 Å². The van der Waals surface area contributed by atoms with Gasteiger partial charge in [-0.25, -0.2) is 19.6 Å². The van der Waals surface area contributed by atoms with E-state index in [1.165, 1.54) is 39.6 Å². The number of H-pyrrole nitrogens is 2. The van der Waals surface area contributed by atoms with Crippen LogP contribution in [0.2, 0.25) is 0 Å². The molecule has 56 heavy (non-hydrogen) atoms. The number of aromatic amines is 2. The summed E-state index contributed by atoms with van der Waals surface area (Å²) in [6, 6.07) is -2.15. The van der Waals surface area contributed by atoms with Gasteiger partial charge in [-0.05, 0) is 101 Å². The third kappa shape index (κ3) is 8.96. The van der Waals surface area contributed by atoms with Gasteiger partial charge in [0.05, 0.1) is 62.3 Å². The molecule has 4 amide bonds. The summed E-state index contributed by atoms with van der Waals surface area (Å²) in [5.41, 5.74) is 4.52. The first-order valence-corrected chi connectivity index (χ1v) is 19.9. The van der Waals surface area contributed by atoms with Crippen LogP contribution in [0.15, 0.2) is 24.5 Å². The lowest BCUT2D eigenvalue weighted by Crippen LogP contribution is -2.54. The second-order valence-corrected chi connectivity index (χ2v) is 15.4. The molecule has 306 valence electrons. The summed E-state index contributed by atoms with van der Waals surface area (Å²) in [4.78, 5) is 71.4. The van der Waals surface area contributed by atoms with Crippen molar-refractivity contribution >= 4 is 35.1 Å². The fourth-order valence-electron chi connectivity index (χ4n) is 8.78. The van der Waals surface area contributed by atoms with Gasteiger partial charge in [0.15, 0.2) is 0 Å². The van der Waals surface area contributed by atoms with E-state index in [0.29, 0.717) is 24.9 Å². The quantitative estimate of drug-likeness (QED) is 0.214. The van der Waals surface area contributed by atoms with E-state index < -0.39 is 36.5 Å². The summed E-state index contributed by atoms with van der Waals surface area (Å²) in [5.74, 6) is 2.28. The largest absolute Gasteiger partial charge is 0.453 e. The lowest BCUT2D eigenvalue weighted by atomic mass is 9.74. The third-order valence-corrected chi connectivity index (χ3v) is 12.3. The summed E-state index contributed by atoms with van der Waals surface area (Å²) in [6.45, 7) is 4.65. The molecule has 8 atom stereocenters. The zero-order chi connectivity index (χ0) is 39.9. The Morgan fingerprint density at radius 3 is 1.43 bits per heavy atom. The number of imidazole rings is 2. The molecule has 0 radical (unpaired) electrons. The molecule has 2 fully saturated rings. The number of rotatable bonds is 13. The smallest absolute Gasteiger partial charge is 0.407 e. The van der Waals surface area contributed by atoms with Gasteiger partial charge in [-0.2, -0.15) is 0 Å². The fraction of sp³-hybridized carbons (Fsp3) is 0.650. The van der Waals surface area contributed by atoms with Crippen LogP contribution in [0.25, 0.3) is 11.1 Å². The zero-order valence-corrected chi connectivity index (χ0v) is 33.5. The third-order valence-electron chi connectivity index (χ3n) is 12.3. The molecule has 2 aliphatic carbocycles. The molecule has 4 N–H and O–H groups in total. The number of ether oxygens (including phenoxy) is 4. The van der Waals surface area contributed by atoms with E-state index >= 15 is 0 Å². The van der Waals surface area contributed by atoms with Gasteiger partial charge in [0, 0.05) is 27.3 Å². The Morgan fingerprint density at radius 1 is 0.679 bits per heavy atom. The average Bonchev–Trinajstić information content (AvgIpc) is 4.08. The minimum atomic E-state index is -0.869. The Kier molecular flexibility index (Phi) is 13.5. The topological polar surface area (TPSA) is 193 Å². The summed E-state index contributed by atoms with van der Waals surface area (Å²) in [7, 11) is 5.57. The second kappa shape index (κ2) is 18.5. The number of alkyl carbamates (subject to hydrolysis) is 2. The van der Waals surface area contributed by atoms with Crippen LogP contribution in [0.5, 0.6) is 0 Å². The Bertz CT molecular complexity index is 1640. The lowest BCUT2D eigenvalue weighted by Gasteiger charge is -2.32. The molecule has 0 aromatic carbocycles. The Hall–Kier alpha value is -4.70. The van der Waals surface area contributed by atoms with Crippen LogP contribution in [-0.2, 0) is 28.5 Å². The summed E-state index contributed by atoms with van der Waals surface area (Å²) in [5, 5.41) is 5.28. The number of carbonyl (C=O) groups is 4. The maximum Gasteiger partial charge on any atom is 0.407 e. The number of aromatic nitrogens is 4. The number of allylic oxidation sites excluding steroid dienone is 4. The normalized spacial score (nSPS) is 24.8. The summed E-state index contributed by atoms with van der Waals surface area (Å²) in [6.07, 6.45) is 15.5. The van der Waals surface area contributed by atoms with E-state index in [-0.39, 0.29) is 23.9 Å². The monoisotopic (exact) mass is 778 g/mol. The minimum Gasteiger partial charge on any atom is -0.453 e. The Morgan fingerprint density at radius 2 is 1.09 bits per heavy atom. The van der Waals surface area contributed by atoms with Crippen molar-refractivity contribution in [3.05, 3.63) is 47.6 Å². The molecule has 2 aromatic rings. The van der Waals surface area contributed by atoms with E-state index in [9.17, 15) is 19.2 Å². The molecule has 4 heterocycles. The van der Waals surface area contributed by atoms with Crippen LogP contribution >= 0.6 is 0 Å². The highest BCUT2D eigenvalue weighted by atomic mass is 16.5. The lowest BCUT2D eigenvalue weighted by molar-refractivity contribution is -0.138. The number of likely N-dealkylation sites (tertiary alicyclic amines) is 2. The molecule has 2 saturated heterocycles. The molecule has 16 nitrogen and oxygen atoms in total.